The van der Waals surface area contributed by atoms with Crippen molar-refractivity contribution in [2.45, 2.75) is 12.8 Å². The van der Waals surface area contributed by atoms with Gasteiger partial charge in [0.1, 0.15) is 5.01 Å². The summed E-state index contributed by atoms with van der Waals surface area (Å²) in [5, 5.41) is 8.94. The van der Waals surface area contributed by atoms with E-state index in [-0.39, 0.29) is 5.91 Å². The Morgan fingerprint density at radius 2 is 2.05 bits per heavy atom. The first kappa shape index (κ1) is 14.7. The van der Waals surface area contributed by atoms with E-state index < -0.39 is 0 Å². The molecule has 0 spiro atoms. The molecule has 0 aliphatic heterocycles. The van der Waals surface area contributed by atoms with E-state index >= 15 is 0 Å². The Hall–Kier alpha value is -1.72. The molecule has 0 aliphatic carbocycles. The second-order valence-corrected chi connectivity index (χ2v) is 5.32. The van der Waals surface area contributed by atoms with Gasteiger partial charge in [-0.25, -0.2) is 4.98 Å². The van der Waals surface area contributed by atoms with Crippen LogP contribution in [0.1, 0.15) is 12.1 Å². The number of aromatic nitrogens is 1. The molecule has 2 aromatic rings. The minimum atomic E-state index is 0.0814. The van der Waals surface area contributed by atoms with Crippen molar-refractivity contribution in [2.75, 3.05) is 20.1 Å². The van der Waals surface area contributed by atoms with Gasteiger partial charge in [0.05, 0.1) is 5.69 Å². The number of amides is 1. The van der Waals surface area contributed by atoms with Crippen molar-refractivity contribution in [3.05, 3.63) is 41.4 Å². The number of nitrogens with one attached hydrogen (secondary N) is 2. The number of carbonyl (C=O) groups is 1. The molecule has 4 nitrogen and oxygen atoms in total. The Balaban J connectivity index is 1.80. The van der Waals surface area contributed by atoms with Gasteiger partial charge >= 0.3 is 0 Å². The monoisotopic (exact) mass is 289 g/mol. The van der Waals surface area contributed by atoms with Gasteiger partial charge in [0.2, 0.25) is 5.91 Å². The summed E-state index contributed by atoms with van der Waals surface area (Å²) in [4.78, 5) is 16.0. The molecule has 0 atom stereocenters. The zero-order valence-electron chi connectivity index (χ0n) is 11.6. The first-order chi connectivity index (χ1) is 9.79. The molecule has 0 fully saturated rings. The molecule has 0 saturated carbocycles. The average molecular weight is 289 g/mol. The maximum atomic E-state index is 11.4. The summed E-state index contributed by atoms with van der Waals surface area (Å²) in [6.07, 6.45) is 1.29. The van der Waals surface area contributed by atoms with E-state index in [1.165, 1.54) is 0 Å². The van der Waals surface area contributed by atoms with E-state index in [0.29, 0.717) is 19.5 Å². The zero-order valence-corrected chi connectivity index (χ0v) is 12.4. The maximum absolute atomic E-state index is 11.4. The van der Waals surface area contributed by atoms with Gasteiger partial charge in [-0.1, -0.05) is 30.3 Å². The quantitative estimate of drug-likeness (QED) is 0.820. The number of benzene rings is 1. The summed E-state index contributed by atoms with van der Waals surface area (Å²) in [6.45, 7) is 1.35. The molecule has 2 N–H and O–H groups in total. The van der Waals surface area contributed by atoms with Crippen molar-refractivity contribution in [2.24, 2.45) is 0 Å². The smallest absolute Gasteiger partial charge is 0.221 e. The Labute approximate surface area is 123 Å². The van der Waals surface area contributed by atoms with Crippen LogP contribution in [0.25, 0.3) is 10.6 Å². The molecule has 1 aromatic heterocycles. The van der Waals surface area contributed by atoms with Gasteiger partial charge in [-0.2, -0.15) is 0 Å². The van der Waals surface area contributed by atoms with Gasteiger partial charge in [-0.3, -0.25) is 4.79 Å². The lowest BCUT2D eigenvalue weighted by atomic mass is 10.2. The first-order valence-electron chi connectivity index (χ1n) is 6.70. The number of hydrogen-bond donors (Lipinski definition) is 2. The van der Waals surface area contributed by atoms with Crippen molar-refractivity contribution >= 4 is 17.2 Å². The molecular formula is C15H19N3OS. The maximum Gasteiger partial charge on any atom is 0.221 e. The minimum absolute atomic E-state index is 0.0814. The lowest BCUT2D eigenvalue weighted by molar-refractivity contribution is -0.120. The summed E-state index contributed by atoms with van der Waals surface area (Å²) >= 11 is 1.64. The van der Waals surface area contributed by atoms with Crippen LogP contribution >= 0.6 is 11.3 Å². The predicted molar refractivity (Wildman–Crippen MR) is 82.8 cm³/mol. The molecule has 2 rings (SSSR count). The second kappa shape index (κ2) is 7.77. The molecule has 0 unspecified atom stereocenters. The van der Waals surface area contributed by atoms with Gasteiger partial charge in [-0.05, 0) is 7.05 Å². The van der Waals surface area contributed by atoms with E-state index in [4.69, 9.17) is 0 Å². The molecule has 5 heteroatoms. The highest BCUT2D eigenvalue weighted by Crippen LogP contribution is 2.23. The van der Waals surface area contributed by atoms with Gasteiger partial charge in [0.15, 0.2) is 0 Å². The Bertz CT molecular complexity index is 539. The van der Waals surface area contributed by atoms with Gasteiger partial charge in [-0.15, -0.1) is 11.3 Å². The van der Waals surface area contributed by atoms with Crippen LogP contribution < -0.4 is 10.6 Å². The number of rotatable bonds is 7. The molecular weight excluding hydrogens is 270 g/mol. The first-order valence-corrected chi connectivity index (χ1v) is 7.58. The topological polar surface area (TPSA) is 54.0 Å². The number of nitrogens with zero attached hydrogens (tertiary/aromatic N) is 1. The Morgan fingerprint density at radius 3 is 2.80 bits per heavy atom. The molecule has 0 aliphatic rings. The van der Waals surface area contributed by atoms with Gasteiger partial charge in [0, 0.05) is 36.9 Å². The highest BCUT2D eigenvalue weighted by molar-refractivity contribution is 7.13. The largest absolute Gasteiger partial charge is 0.356 e. The van der Waals surface area contributed by atoms with E-state index in [1.54, 1.807) is 11.3 Å². The molecule has 1 heterocycles. The Kier molecular flexibility index (Phi) is 5.70. The van der Waals surface area contributed by atoms with Crippen LogP contribution in [0.5, 0.6) is 0 Å². The van der Waals surface area contributed by atoms with Crippen molar-refractivity contribution in [3.8, 4) is 10.6 Å². The highest BCUT2D eigenvalue weighted by Gasteiger charge is 2.05. The number of carbonyl (C=O) groups excluding carboxylic acids is 1. The molecule has 0 bridgehead atoms. The van der Waals surface area contributed by atoms with E-state index in [9.17, 15) is 4.79 Å². The zero-order chi connectivity index (χ0) is 14.2. The molecule has 0 saturated heterocycles. The van der Waals surface area contributed by atoms with E-state index in [2.05, 4.69) is 33.1 Å². The molecule has 106 valence electrons. The van der Waals surface area contributed by atoms with Crippen LogP contribution in [0, 0.1) is 0 Å². The van der Waals surface area contributed by atoms with Crippen LogP contribution in [0.2, 0.25) is 0 Å². The lowest BCUT2D eigenvalue weighted by Gasteiger charge is -2.03. The fourth-order valence-electron chi connectivity index (χ4n) is 1.79. The predicted octanol–water partition coefficient (Wildman–Crippen LogP) is 2.08. The summed E-state index contributed by atoms with van der Waals surface area (Å²) in [5.74, 6) is 0.0814. The fourth-order valence-corrected chi connectivity index (χ4v) is 2.65. The lowest BCUT2D eigenvalue weighted by Crippen LogP contribution is -2.28. The minimum Gasteiger partial charge on any atom is -0.356 e. The van der Waals surface area contributed by atoms with E-state index in [1.807, 2.05) is 25.2 Å². The SMILES string of the molecule is CNCCC(=O)NCCc1csc(-c2ccccc2)n1. The molecule has 20 heavy (non-hydrogen) atoms. The fraction of sp³-hybridized carbons (Fsp3) is 0.333. The van der Waals surface area contributed by atoms with Crippen LogP contribution in [0.15, 0.2) is 35.7 Å². The molecule has 1 amide bonds. The Morgan fingerprint density at radius 1 is 1.25 bits per heavy atom. The normalized spacial score (nSPS) is 10.4. The van der Waals surface area contributed by atoms with Crippen LogP contribution in [-0.2, 0) is 11.2 Å². The van der Waals surface area contributed by atoms with Gasteiger partial charge < -0.3 is 10.6 Å². The van der Waals surface area contributed by atoms with Crippen molar-refractivity contribution in [1.29, 1.82) is 0 Å². The average Bonchev–Trinajstić information content (AvgIpc) is 2.95. The molecule has 0 radical (unpaired) electrons. The standard InChI is InChI=1S/C15H19N3OS/c1-16-9-8-14(19)17-10-7-13-11-20-15(18-13)12-5-3-2-4-6-12/h2-6,11,16H,7-10H2,1H3,(H,17,19). The van der Waals surface area contributed by atoms with Gasteiger partial charge in [0.25, 0.3) is 0 Å². The summed E-state index contributed by atoms with van der Waals surface area (Å²) in [5.41, 5.74) is 2.17. The van der Waals surface area contributed by atoms with E-state index in [0.717, 1.165) is 22.7 Å². The summed E-state index contributed by atoms with van der Waals surface area (Å²) < 4.78 is 0. The number of hydrogen-bond acceptors (Lipinski definition) is 4. The van der Waals surface area contributed by atoms with Crippen LogP contribution in [0.4, 0.5) is 0 Å². The third-order valence-electron chi connectivity index (χ3n) is 2.88. The highest BCUT2D eigenvalue weighted by atomic mass is 32.1. The van der Waals surface area contributed by atoms with Crippen molar-refractivity contribution in [3.63, 3.8) is 0 Å². The summed E-state index contributed by atoms with van der Waals surface area (Å²) in [6, 6.07) is 10.1. The van der Waals surface area contributed by atoms with Crippen molar-refractivity contribution < 1.29 is 4.79 Å². The third-order valence-corrected chi connectivity index (χ3v) is 3.82. The molecule has 1 aromatic carbocycles. The van der Waals surface area contributed by atoms with Crippen molar-refractivity contribution in [1.82, 2.24) is 15.6 Å². The van der Waals surface area contributed by atoms with Crippen LogP contribution in [0.3, 0.4) is 0 Å². The van der Waals surface area contributed by atoms with Crippen LogP contribution in [-0.4, -0.2) is 31.0 Å². The number of thiazole rings is 1. The summed E-state index contributed by atoms with van der Waals surface area (Å²) in [7, 11) is 1.84. The third kappa shape index (κ3) is 4.43. The second-order valence-electron chi connectivity index (χ2n) is 4.46.